The molecule has 2 amide bonds. The number of non-ortho nitro benzene ring substituents is 1. The molecule has 164 valence electrons. The highest BCUT2D eigenvalue weighted by Gasteiger charge is 2.28. The van der Waals surface area contributed by atoms with E-state index in [1.54, 1.807) is 31.3 Å². The van der Waals surface area contributed by atoms with Crippen molar-refractivity contribution in [2.24, 2.45) is 0 Å². The molecule has 0 aliphatic carbocycles. The van der Waals surface area contributed by atoms with Gasteiger partial charge < -0.3 is 15.0 Å². The summed E-state index contributed by atoms with van der Waals surface area (Å²) < 4.78 is 28.3. The first kappa shape index (κ1) is 22.2. The predicted octanol–water partition coefficient (Wildman–Crippen LogP) is 1.55. The zero-order valence-electron chi connectivity index (χ0n) is 16.7. The summed E-state index contributed by atoms with van der Waals surface area (Å²) in [6.45, 7) is -0.266. The number of benzene rings is 2. The lowest BCUT2D eigenvalue weighted by molar-refractivity contribution is -0.384. The maximum atomic E-state index is 12.6. The maximum Gasteiger partial charge on any atom is 0.270 e. The standard InChI is InChI=1S/C20H21N3O7S/c1-22(20(25)14-3-2-4-17(11-14)23(26)27)16-5-7-18(8-6-16)30-12-19(24)21-15-9-10-31(28,29)13-15/h2-8,11,15H,9-10,12-13H2,1H3,(H,21,24). The number of nitro groups is 1. The molecule has 1 heterocycles. The molecule has 1 aliphatic rings. The van der Waals surface area contributed by atoms with Crippen LogP contribution in [-0.2, 0) is 14.6 Å². The topological polar surface area (TPSA) is 136 Å². The van der Waals surface area contributed by atoms with Crippen molar-refractivity contribution in [3.8, 4) is 5.75 Å². The molecule has 10 nitrogen and oxygen atoms in total. The first-order valence-corrected chi connectivity index (χ1v) is 11.2. The Hall–Kier alpha value is -3.47. The molecule has 2 aromatic rings. The lowest BCUT2D eigenvalue weighted by Crippen LogP contribution is -2.38. The smallest absolute Gasteiger partial charge is 0.270 e. The van der Waals surface area contributed by atoms with Gasteiger partial charge in [0.15, 0.2) is 16.4 Å². The van der Waals surface area contributed by atoms with E-state index in [9.17, 15) is 28.1 Å². The van der Waals surface area contributed by atoms with Gasteiger partial charge >= 0.3 is 0 Å². The van der Waals surface area contributed by atoms with E-state index < -0.39 is 32.6 Å². The van der Waals surface area contributed by atoms with Crippen molar-refractivity contribution in [2.45, 2.75) is 12.5 Å². The number of nitrogens with zero attached hydrogens (tertiary/aromatic N) is 2. The molecule has 1 unspecified atom stereocenters. The van der Waals surface area contributed by atoms with Gasteiger partial charge in [0.25, 0.3) is 17.5 Å². The van der Waals surface area contributed by atoms with Gasteiger partial charge in [-0.25, -0.2) is 8.42 Å². The molecule has 1 atom stereocenters. The Balaban J connectivity index is 1.55. The second-order valence-corrected chi connectivity index (χ2v) is 9.35. The average Bonchev–Trinajstić information content (AvgIpc) is 3.09. The van der Waals surface area contributed by atoms with Gasteiger partial charge in [-0.1, -0.05) is 6.07 Å². The summed E-state index contributed by atoms with van der Waals surface area (Å²) in [5, 5.41) is 13.5. The number of carbonyl (C=O) groups excluding carboxylic acids is 2. The highest BCUT2D eigenvalue weighted by molar-refractivity contribution is 7.91. The van der Waals surface area contributed by atoms with Crippen LogP contribution in [0.4, 0.5) is 11.4 Å². The van der Waals surface area contributed by atoms with Crippen LogP contribution in [0, 0.1) is 10.1 Å². The van der Waals surface area contributed by atoms with E-state index in [1.165, 1.54) is 29.2 Å². The third-order valence-corrected chi connectivity index (χ3v) is 6.57. The Morgan fingerprint density at radius 2 is 1.94 bits per heavy atom. The molecule has 2 aromatic carbocycles. The summed E-state index contributed by atoms with van der Waals surface area (Å²) in [5.41, 5.74) is 0.545. The summed E-state index contributed by atoms with van der Waals surface area (Å²) in [4.78, 5) is 36.2. The summed E-state index contributed by atoms with van der Waals surface area (Å²) in [6, 6.07) is 11.5. The van der Waals surface area contributed by atoms with Gasteiger partial charge in [0, 0.05) is 36.5 Å². The Bertz CT molecular complexity index is 1100. The average molecular weight is 447 g/mol. The van der Waals surface area contributed by atoms with Crippen molar-refractivity contribution in [1.29, 1.82) is 0 Å². The summed E-state index contributed by atoms with van der Waals surface area (Å²) in [5.74, 6) is -0.414. The number of hydrogen-bond acceptors (Lipinski definition) is 7. The van der Waals surface area contributed by atoms with E-state index in [2.05, 4.69) is 5.32 Å². The van der Waals surface area contributed by atoms with Crippen LogP contribution in [0.3, 0.4) is 0 Å². The predicted molar refractivity (Wildman–Crippen MR) is 113 cm³/mol. The van der Waals surface area contributed by atoms with Gasteiger partial charge in [-0.3, -0.25) is 19.7 Å². The van der Waals surface area contributed by atoms with Crippen LogP contribution < -0.4 is 15.0 Å². The summed E-state index contributed by atoms with van der Waals surface area (Å²) in [6.07, 6.45) is 0.397. The van der Waals surface area contributed by atoms with Crippen molar-refractivity contribution in [3.63, 3.8) is 0 Å². The number of carbonyl (C=O) groups is 2. The van der Waals surface area contributed by atoms with E-state index in [4.69, 9.17) is 4.74 Å². The molecule has 11 heteroatoms. The number of hydrogen-bond donors (Lipinski definition) is 1. The van der Waals surface area contributed by atoms with Crippen molar-refractivity contribution < 1.29 is 27.7 Å². The van der Waals surface area contributed by atoms with E-state index in [0.717, 1.165) is 0 Å². The molecule has 0 aromatic heterocycles. The molecular weight excluding hydrogens is 426 g/mol. The van der Waals surface area contributed by atoms with Gasteiger partial charge in [0.2, 0.25) is 0 Å². The fourth-order valence-electron chi connectivity index (χ4n) is 3.16. The fraction of sp³-hybridized carbons (Fsp3) is 0.300. The monoisotopic (exact) mass is 447 g/mol. The molecule has 1 saturated heterocycles. The van der Waals surface area contributed by atoms with Crippen LogP contribution in [0.5, 0.6) is 5.75 Å². The molecular formula is C20H21N3O7S. The first-order chi connectivity index (χ1) is 14.6. The molecule has 0 bridgehead atoms. The third-order valence-electron chi connectivity index (χ3n) is 4.80. The van der Waals surface area contributed by atoms with Gasteiger partial charge in [0.05, 0.1) is 16.4 Å². The van der Waals surface area contributed by atoms with Crippen molar-refractivity contribution >= 4 is 33.0 Å². The van der Waals surface area contributed by atoms with Gasteiger partial charge in [-0.15, -0.1) is 0 Å². The molecule has 1 aliphatic heterocycles. The minimum Gasteiger partial charge on any atom is -0.484 e. The molecule has 1 fully saturated rings. The third kappa shape index (κ3) is 5.79. The number of sulfone groups is 1. The Kier molecular flexibility index (Phi) is 6.54. The molecule has 0 spiro atoms. The molecule has 0 saturated carbocycles. The molecule has 0 radical (unpaired) electrons. The zero-order chi connectivity index (χ0) is 22.6. The number of ether oxygens (including phenoxy) is 1. The second-order valence-electron chi connectivity index (χ2n) is 7.12. The quantitative estimate of drug-likeness (QED) is 0.502. The zero-order valence-corrected chi connectivity index (χ0v) is 17.5. The van der Waals surface area contributed by atoms with Crippen molar-refractivity contribution in [1.82, 2.24) is 5.32 Å². The number of nitrogens with one attached hydrogen (secondary N) is 1. The Labute approximate surface area is 178 Å². The van der Waals surface area contributed by atoms with Crippen LogP contribution >= 0.6 is 0 Å². The highest BCUT2D eigenvalue weighted by Crippen LogP contribution is 2.22. The number of nitro benzene ring substituents is 1. The molecule has 31 heavy (non-hydrogen) atoms. The Morgan fingerprint density at radius 1 is 1.23 bits per heavy atom. The Morgan fingerprint density at radius 3 is 2.55 bits per heavy atom. The van der Waals surface area contributed by atoms with E-state index in [-0.39, 0.29) is 29.4 Å². The lowest BCUT2D eigenvalue weighted by atomic mass is 10.1. The summed E-state index contributed by atoms with van der Waals surface area (Å²) in [7, 11) is -1.53. The van der Waals surface area contributed by atoms with Crippen molar-refractivity contribution in [2.75, 3.05) is 30.1 Å². The van der Waals surface area contributed by atoms with E-state index in [1.807, 2.05) is 0 Å². The minimum absolute atomic E-state index is 0.0572. The van der Waals surface area contributed by atoms with Crippen LogP contribution in [0.15, 0.2) is 48.5 Å². The van der Waals surface area contributed by atoms with Crippen molar-refractivity contribution in [3.05, 3.63) is 64.2 Å². The summed E-state index contributed by atoms with van der Waals surface area (Å²) >= 11 is 0. The minimum atomic E-state index is -3.08. The fourth-order valence-corrected chi connectivity index (χ4v) is 4.83. The number of rotatable bonds is 7. The van der Waals surface area contributed by atoms with Crippen LogP contribution in [0.25, 0.3) is 0 Å². The number of anilines is 1. The lowest BCUT2D eigenvalue weighted by Gasteiger charge is -2.18. The van der Waals surface area contributed by atoms with Crippen LogP contribution in [-0.4, -0.2) is 56.4 Å². The SMILES string of the molecule is CN(C(=O)c1cccc([N+](=O)[O-])c1)c1ccc(OCC(=O)NC2CCS(=O)(=O)C2)cc1. The van der Waals surface area contributed by atoms with Crippen LogP contribution in [0.2, 0.25) is 0 Å². The van der Waals surface area contributed by atoms with Gasteiger partial charge in [-0.05, 0) is 36.8 Å². The van der Waals surface area contributed by atoms with E-state index >= 15 is 0 Å². The second kappa shape index (κ2) is 9.13. The first-order valence-electron chi connectivity index (χ1n) is 9.40. The van der Waals surface area contributed by atoms with Gasteiger partial charge in [-0.2, -0.15) is 0 Å². The molecule has 3 rings (SSSR count). The normalized spacial score (nSPS) is 17.0. The van der Waals surface area contributed by atoms with Gasteiger partial charge in [0.1, 0.15) is 5.75 Å². The largest absolute Gasteiger partial charge is 0.484 e. The highest BCUT2D eigenvalue weighted by atomic mass is 32.2. The maximum absolute atomic E-state index is 12.6. The number of amides is 2. The van der Waals surface area contributed by atoms with E-state index in [0.29, 0.717) is 17.9 Å². The van der Waals surface area contributed by atoms with Crippen LogP contribution in [0.1, 0.15) is 16.8 Å². The molecule has 1 N–H and O–H groups in total.